The van der Waals surface area contributed by atoms with Gasteiger partial charge in [-0.2, -0.15) is 18.2 Å². The molecule has 2 aliphatic rings. The van der Waals surface area contributed by atoms with Crippen molar-refractivity contribution in [1.29, 1.82) is 0 Å². The van der Waals surface area contributed by atoms with Crippen molar-refractivity contribution in [2.24, 2.45) is 5.92 Å². The van der Waals surface area contributed by atoms with Gasteiger partial charge in [0.1, 0.15) is 5.82 Å². The molecule has 1 unspecified atom stereocenters. The fraction of sp³-hybridized carbons (Fsp3) is 0.667. The van der Waals surface area contributed by atoms with Gasteiger partial charge in [0.25, 0.3) is 0 Å². The van der Waals surface area contributed by atoms with E-state index in [1.165, 1.54) is 0 Å². The Morgan fingerprint density at radius 3 is 2.33 bits per heavy atom. The minimum absolute atomic E-state index is 0.0962. The Morgan fingerprint density at radius 2 is 1.88 bits per heavy atom. The predicted molar refractivity (Wildman–Crippen MR) is 81.0 cm³/mol. The third-order valence-corrected chi connectivity index (χ3v) is 4.74. The van der Waals surface area contributed by atoms with E-state index in [2.05, 4.69) is 9.97 Å². The van der Waals surface area contributed by atoms with Crippen LogP contribution in [-0.4, -0.2) is 46.7 Å². The summed E-state index contributed by atoms with van der Waals surface area (Å²) in [4.78, 5) is 22.5. The van der Waals surface area contributed by atoms with Crippen LogP contribution < -0.4 is 9.80 Å². The molecule has 0 bridgehead atoms. The molecular weight excluding hydrogens is 325 g/mol. The molecule has 9 heteroatoms. The van der Waals surface area contributed by atoms with Crippen LogP contribution in [0.3, 0.4) is 0 Å². The molecule has 2 saturated heterocycles. The Morgan fingerprint density at radius 1 is 1.21 bits per heavy atom. The normalized spacial score (nSPS) is 22.4. The van der Waals surface area contributed by atoms with Crippen molar-refractivity contribution in [3.05, 3.63) is 11.8 Å². The molecule has 3 heterocycles. The van der Waals surface area contributed by atoms with E-state index in [0.29, 0.717) is 32.5 Å². The van der Waals surface area contributed by atoms with Crippen molar-refractivity contribution in [2.75, 3.05) is 29.4 Å². The Hall–Kier alpha value is -2.06. The van der Waals surface area contributed by atoms with Crippen LogP contribution in [-0.2, 0) is 11.0 Å². The third-order valence-electron chi connectivity index (χ3n) is 4.74. The highest BCUT2D eigenvalue weighted by molar-refractivity contribution is 5.70. The van der Waals surface area contributed by atoms with E-state index in [1.54, 1.807) is 9.80 Å². The summed E-state index contributed by atoms with van der Waals surface area (Å²) >= 11 is 0. The number of aliphatic carboxylic acids is 1. The molecule has 2 aliphatic heterocycles. The first-order valence-corrected chi connectivity index (χ1v) is 7.96. The molecule has 0 aliphatic carbocycles. The van der Waals surface area contributed by atoms with Crippen LogP contribution >= 0.6 is 0 Å². The molecule has 0 amide bonds. The first-order valence-electron chi connectivity index (χ1n) is 7.96. The summed E-state index contributed by atoms with van der Waals surface area (Å²) < 4.78 is 39.5. The van der Waals surface area contributed by atoms with Gasteiger partial charge in [0.05, 0.1) is 5.92 Å². The van der Waals surface area contributed by atoms with Crippen LogP contribution in [0.15, 0.2) is 6.07 Å². The topological polar surface area (TPSA) is 69.6 Å². The lowest BCUT2D eigenvalue weighted by molar-refractivity contribution is -0.142. The van der Waals surface area contributed by atoms with Gasteiger partial charge in [-0.3, -0.25) is 4.79 Å². The number of nitrogens with zero attached hydrogens (tertiary/aromatic N) is 4. The number of anilines is 2. The minimum Gasteiger partial charge on any atom is -0.481 e. The first-order chi connectivity index (χ1) is 11.3. The zero-order valence-corrected chi connectivity index (χ0v) is 13.3. The van der Waals surface area contributed by atoms with Gasteiger partial charge in [0.2, 0.25) is 5.95 Å². The lowest BCUT2D eigenvalue weighted by atomic mass is 9.97. The Bertz CT molecular complexity index is 630. The zero-order valence-electron chi connectivity index (χ0n) is 13.3. The van der Waals surface area contributed by atoms with E-state index in [-0.39, 0.29) is 17.8 Å². The number of hydrogen-bond donors (Lipinski definition) is 1. The van der Waals surface area contributed by atoms with Crippen LogP contribution in [0, 0.1) is 5.92 Å². The highest BCUT2D eigenvalue weighted by Crippen LogP contribution is 2.34. The molecule has 132 valence electrons. The SMILES string of the molecule is CC1CCN1c1nc(N2CCC(C(=O)O)CC2)cc(C(F)(F)F)n1. The van der Waals surface area contributed by atoms with Crippen LogP contribution in [0.25, 0.3) is 0 Å². The van der Waals surface area contributed by atoms with Gasteiger partial charge in [-0.25, -0.2) is 4.98 Å². The summed E-state index contributed by atoms with van der Waals surface area (Å²) in [6, 6.07) is 1.08. The highest BCUT2D eigenvalue weighted by atomic mass is 19.4. The van der Waals surface area contributed by atoms with Gasteiger partial charge in [0.15, 0.2) is 5.69 Å². The molecule has 1 N–H and O–H groups in total. The summed E-state index contributed by atoms with van der Waals surface area (Å²) in [6.07, 6.45) is -2.84. The maximum absolute atomic E-state index is 13.2. The average molecular weight is 344 g/mol. The molecule has 1 aromatic heterocycles. The molecule has 1 aromatic rings. The fourth-order valence-corrected chi connectivity index (χ4v) is 3.03. The Labute approximate surface area is 137 Å². The van der Waals surface area contributed by atoms with Crippen molar-refractivity contribution in [1.82, 2.24) is 9.97 Å². The molecule has 0 saturated carbocycles. The number of carboxylic acids is 1. The van der Waals surface area contributed by atoms with E-state index in [0.717, 1.165) is 12.5 Å². The number of carbonyl (C=O) groups is 1. The Kier molecular flexibility index (Phi) is 4.27. The number of alkyl halides is 3. The summed E-state index contributed by atoms with van der Waals surface area (Å²) in [5.74, 6) is -0.988. The van der Waals surface area contributed by atoms with E-state index >= 15 is 0 Å². The van der Waals surface area contributed by atoms with Gasteiger partial charge >= 0.3 is 12.1 Å². The van der Waals surface area contributed by atoms with E-state index in [1.807, 2.05) is 6.92 Å². The third kappa shape index (κ3) is 3.25. The van der Waals surface area contributed by atoms with Gasteiger partial charge < -0.3 is 14.9 Å². The molecule has 0 spiro atoms. The first kappa shape index (κ1) is 16.8. The van der Waals surface area contributed by atoms with Crippen molar-refractivity contribution in [2.45, 2.75) is 38.4 Å². The second-order valence-electron chi connectivity index (χ2n) is 6.34. The molecule has 0 radical (unpaired) electrons. The second-order valence-corrected chi connectivity index (χ2v) is 6.34. The Balaban J connectivity index is 1.87. The maximum atomic E-state index is 13.2. The number of piperidine rings is 1. The number of carboxylic acid groups (broad SMARTS) is 1. The largest absolute Gasteiger partial charge is 0.481 e. The minimum atomic E-state index is -4.54. The summed E-state index contributed by atoms with van der Waals surface area (Å²) in [7, 11) is 0. The summed E-state index contributed by atoms with van der Waals surface area (Å²) in [5, 5.41) is 9.03. The summed E-state index contributed by atoms with van der Waals surface area (Å²) in [5.41, 5.74) is -0.957. The van der Waals surface area contributed by atoms with E-state index in [9.17, 15) is 18.0 Å². The lowest BCUT2D eigenvalue weighted by Crippen LogP contribution is -2.47. The van der Waals surface area contributed by atoms with Gasteiger partial charge in [0, 0.05) is 31.7 Å². The molecule has 6 nitrogen and oxygen atoms in total. The standard InChI is InChI=1S/C15H19F3N4O2/c1-9-2-7-22(9)14-19-11(15(16,17)18)8-12(20-14)21-5-3-10(4-6-21)13(23)24/h8-10H,2-7H2,1H3,(H,23,24). The smallest absolute Gasteiger partial charge is 0.433 e. The molecule has 24 heavy (non-hydrogen) atoms. The zero-order chi connectivity index (χ0) is 17.5. The van der Waals surface area contributed by atoms with Crippen LogP contribution in [0.2, 0.25) is 0 Å². The lowest BCUT2D eigenvalue weighted by Gasteiger charge is -2.39. The highest BCUT2D eigenvalue weighted by Gasteiger charge is 2.37. The summed E-state index contributed by atoms with van der Waals surface area (Å²) in [6.45, 7) is 3.31. The second kappa shape index (κ2) is 6.10. The number of hydrogen-bond acceptors (Lipinski definition) is 5. The van der Waals surface area contributed by atoms with Crippen molar-refractivity contribution < 1.29 is 23.1 Å². The molecule has 1 atom stereocenters. The average Bonchev–Trinajstić information content (AvgIpc) is 2.52. The molecule has 2 fully saturated rings. The van der Waals surface area contributed by atoms with Crippen LogP contribution in [0.5, 0.6) is 0 Å². The van der Waals surface area contributed by atoms with Gasteiger partial charge in [-0.15, -0.1) is 0 Å². The number of rotatable bonds is 3. The predicted octanol–water partition coefficient (Wildman–Crippen LogP) is 2.40. The van der Waals surface area contributed by atoms with E-state index in [4.69, 9.17) is 5.11 Å². The number of halogens is 3. The van der Waals surface area contributed by atoms with Crippen LogP contribution in [0.1, 0.15) is 31.9 Å². The maximum Gasteiger partial charge on any atom is 0.433 e. The van der Waals surface area contributed by atoms with Gasteiger partial charge in [-0.05, 0) is 26.2 Å². The van der Waals surface area contributed by atoms with Crippen molar-refractivity contribution in [3.63, 3.8) is 0 Å². The molecular formula is C15H19F3N4O2. The van der Waals surface area contributed by atoms with Gasteiger partial charge in [-0.1, -0.05) is 0 Å². The molecule has 3 rings (SSSR count). The number of aromatic nitrogens is 2. The monoisotopic (exact) mass is 344 g/mol. The molecule has 0 aromatic carbocycles. The van der Waals surface area contributed by atoms with Crippen molar-refractivity contribution in [3.8, 4) is 0 Å². The van der Waals surface area contributed by atoms with Crippen molar-refractivity contribution >= 4 is 17.7 Å². The van der Waals surface area contributed by atoms with E-state index < -0.39 is 23.8 Å². The quantitative estimate of drug-likeness (QED) is 0.908. The van der Waals surface area contributed by atoms with Crippen LogP contribution in [0.4, 0.5) is 24.9 Å². The fourth-order valence-electron chi connectivity index (χ4n) is 3.03.